The second-order valence-electron chi connectivity index (χ2n) is 4.13. The predicted molar refractivity (Wildman–Crippen MR) is 68.0 cm³/mol. The maximum atomic E-state index is 5.90. The topological polar surface area (TPSA) is 55.6 Å². The van der Waals surface area contributed by atoms with Crippen LogP contribution in [0, 0.1) is 0 Å². The highest BCUT2D eigenvalue weighted by Gasteiger charge is 2.10. The Morgan fingerprint density at radius 3 is 2.76 bits per heavy atom. The van der Waals surface area contributed by atoms with E-state index in [4.69, 9.17) is 11.6 Å². The number of hydrogen-bond donors (Lipinski definition) is 1. The van der Waals surface area contributed by atoms with Gasteiger partial charge in [0.2, 0.25) is 0 Å². The fraction of sp³-hybridized carbons (Fsp3) is 0.364. The number of pyridine rings is 1. The van der Waals surface area contributed by atoms with Gasteiger partial charge in [-0.05, 0) is 19.9 Å². The molecule has 0 aliphatic rings. The smallest absolute Gasteiger partial charge is 0.131 e. The van der Waals surface area contributed by atoms with Crippen molar-refractivity contribution < 1.29 is 0 Å². The summed E-state index contributed by atoms with van der Waals surface area (Å²) >= 11 is 5.90. The molecule has 5 nitrogen and oxygen atoms in total. The first-order chi connectivity index (χ1) is 8.06. The zero-order chi connectivity index (χ0) is 12.4. The fourth-order valence-corrected chi connectivity index (χ4v) is 1.69. The van der Waals surface area contributed by atoms with E-state index in [1.807, 2.05) is 13.2 Å². The molecule has 0 aromatic carbocycles. The lowest BCUT2D eigenvalue weighted by molar-refractivity contribution is 0.715. The van der Waals surface area contributed by atoms with Crippen molar-refractivity contribution in [3.8, 4) is 11.3 Å². The molecule has 0 aliphatic heterocycles. The first-order valence-electron chi connectivity index (χ1n) is 5.35. The number of anilines is 1. The zero-order valence-electron chi connectivity index (χ0n) is 9.98. The fourth-order valence-electron chi connectivity index (χ4n) is 1.54. The third-order valence-corrected chi connectivity index (χ3v) is 2.40. The van der Waals surface area contributed by atoms with E-state index in [9.17, 15) is 0 Å². The summed E-state index contributed by atoms with van der Waals surface area (Å²) in [5.41, 5.74) is 2.59. The van der Waals surface area contributed by atoms with Gasteiger partial charge in [0, 0.05) is 30.5 Å². The number of halogens is 1. The van der Waals surface area contributed by atoms with Crippen molar-refractivity contribution in [1.29, 1.82) is 0 Å². The van der Waals surface area contributed by atoms with Gasteiger partial charge >= 0.3 is 0 Å². The Hall–Kier alpha value is -1.62. The van der Waals surface area contributed by atoms with Crippen LogP contribution in [0.1, 0.15) is 13.8 Å². The molecule has 0 amide bonds. The van der Waals surface area contributed by atoms with Crippen molar-refractivity contribution in [2.45, 2.75) is 19.9 Å². The molecule has 0 aliphatic carbocycles. The van der Waals surface area contributed by atoms with Crippen LogP contribution in [0.25, 0.3) is 11.3 Å². The molecule has 0 saturated heterocycles. The van der Waals surface area contributed by atoms with Gasteiger partial charge in [0.1, 0.15) is 10.8 Å². The number of aryl methyl sites for hydroxylation is 1. The molecular formula is C11H14ClN5. The molecule has 0 saturated carbocycles. The van der Waals surface area contributed by atoms with E-state index in [-0.39, 0.29) is 0 Å². The number of hydrogen-bond acceptors (Lipinski definition) is 4. The molecule has 2 aromatic rings. The summed E-state index contributed by atoms with van der Waals surface area (Å²) < 4.78 is 1.66. The summed E-state index contributed by atoms with van der Waals surface area (Å²) in [6.07, 6.45) is 3.55. The normalized spacial score (nSPS) is 10.9. The summed E-state index contributed by atoms with van der Waals surface area (Å²) in [5.74, 6) is 0. The molecule has 0 fully saturated rings. The maximum absolute atomic E-state index is 5.90. The lowest BCUT2D eigenvalue weighted by Gasteiger charge is -2.13. The SMILES string of the molecule is CC(C)Nc1cc(Cl)ncc1-c1cn(C)nn1. The van der Waals surface area contributed by atoms with E-state index >= 15 is 0 Å². The molecule has 2 aromatic heterocycles. The van der Waals surface area contributed by atoms with E-state index < -0.39 is 0 Å². The van der Waals surface area contributed by atoms with Gasteiger partial charge in [-0.3, -0.25) is 4.68 Å². The number of nitrogens with one attached hydrogen (secondary N) is 1. The van der Waals surface area contributed by atoms with Crippen molar-refractivity contribution >= 4 is 17.3 Å². The average Bonchev–Trinajstić information content (AvgIpc) is 2.64. The van der Waals surface area contributed by atoms with Crippen molar-refractivity contribution in [2.24, 2.45) is 7.05 Å². The van der Waals surface area contributed by atoms with Gasteiger partial charge < -0.3 is 5.32 Å². The van der Waals surface area contributed by atoms with E-state index in [1.165, 1.54) is 0 Å². The van der Waals surface area contributed by atoms with E-state index in [2.05, 4.69) is 34.5 Å². The summed E-state index contributed by atoms with van der Waals surface area (Å²) in [6.45, 7) is 4.13. The molecule has 2 rings (SSSR count). The first-order valence-corrected chi connectivity index (χ1v) is 5.73. The highest BCUT2D eigenvalue weighted by Crippen LogP contribution is 2.27. The molecule has 0 spiro atoms. The van der Waals surface area contributed by atoms with E-state index in [0.29, 0.717) is 11.2 Å². The van der Waals surface area contributed by atoms with Crippen LogP contribution < -0.4 is 5.32 Å². The third-order valence-electron chi connectivity index (χ3n) is 2.19. The molecule has 0 radical (unpaired) electrons. The number of nitrogens with zero attached hydrogens (tertiary/aromatic N) is 4. The molecule has 0 atom stereocenters. The lowest BCUT2D eigenvalue weighted by atomic mass is 10.1. The second-order valence-corrected chi connectivity index (χ2v) is 4.52. The standard InChI is InChI=1S/C11H14ClN5/c1-7(2)14-9-4-11(12)13-5-8(9)10-6-17(3)16-15-10/h4-7H,1-3H3,(H,13,14). The van der Waals surface area contributed by atoms with Gasteiger partial charge in [-0.25, -0.2) is 4.98 Å². The number of aromatic nitrogens is 4. The molecule has 0 unspecified atom stereocenters. The van der Waals surface area contributed by atoms with Crippen LogP contribution in [0.3, 0.4) is 0 Å². The van der Waals surface area contributed by atoms with Gasteiger partial charge in [-0.2, -0.15) is 0 Å². The molecule has 17 heavy (non-hydrogen) atoms. The quantitative estimate of drug-likeness (QED) is 0.851. The van der Waals surface area contributed by atoms with Crippen LogP contribution in [-0.4, -0.2) is 26.0 Å². The van der Waals surface area contributed by atoms with Crippen LogP contribution in [0.2, 0.25) is 5.15 Å². The molecule has 0 bridgehead atoms. The Morgan fingerprint density at radius 1 is 1.41 bits per heavy atom. The highest BCUT2D eigenvalue weighted by atomic mass is 35.5. The third kappa shape index (κ3) is 2.74. The molecular weight excluding hydrogens is 238 g/mol. The Balaban J connectivity index is 2.45. The predicted octanol–water partition coefficient (Wildman–Crippen LogP) is 2.35. The molecule has 2 heterocycles. The average molecular weight is 252 g/mol. The van der Waals surface area contributed by atoms with Gasteiger partial charge in [0.25, 0.3) is 0 Å². The molecule has 90 valence electrons. The Labute approximate surface area is 105 Å². The zero-order valence-corrected chi connectivity index (χ0v) is 10.7. The van der Waals surface area contributed by atoms with Crippen molar-refractivity contribution in [3.63, 3.8) is 0 Å². The van der Waals surface area contributed by atoms with Crippen molar-refractivity contribution in [2.75, 3.05) is 5.32 Å². The Morgan fingerprint density at radius 2 is 2.18 bits per heavy atom. The van der Waals surface area contributed by atoms with E-state index in [0.717, 1.165) is 16.9 Å². The van der Waals surface area contributed by atoms with E-state index in [1.54, 1.807) is 16.9 Å². The maximum Gasteiger partial charge on any atom is 0.131 e. The van der Waals surface area contributed by atoms with Crippen LogP contribution in [0.5, 0.6) is 0 Å². The minimum atomic E-state index is 0.309. The number of rotatable bonds is 3. The van der Waals surface area contributed by atoms with Crippen LogP contribution in [0.15, 0.2) is 18.5 Å². The van der Waals surface area contributed by atoms with Gasteiger partial charge in [-0.1, -0.05) is 16.8 Å². The van der Waals surface area contributed by atoms with Crippen LogP contribution in [0.4, 0.5) is 5.69 Å². The van der Waals surface area contributed by atoms with Crippen molar-refractivity contribution in [1.82, 2.24) is 20.0 Å². The van der Waals surface area contributed by atoms with Gasteiger partial charge in [0.15, 0.2) is 0 Å². The second kappa shape index (κ2) is 4.71. The monoisotopic (exact) mass is 251 g/mol. The van der Waals surface area contributed by atoms with Gasteiger partial charge in [0.05, 0.1) is 6.20 Å². The van der Waals surface area contributed by atoms with Crippen molar-refractivity contribution in [3.05, 3.63) is 23.6 Å². The largest absolute Gasteiger partial charge is 0.382 e. The summed E-state index contributed by atoms with van der Waals surface area (Å²) in [6, 6.07) is 2.11. The Bertz CT molecular complexity index is 520. The van der Waals surface area contributed by atoms with Crippen LogP contribution >= 0.6 is 11.6 Å². The van der Waals surface area contributed by atoms with Gasteiger partial charge in [-0.15, -0.1) is 5.10 Å². The minimum absolute atomic E-state index is 0.309. The molecule has 6 heteroatoms. The van der Waals surface area contributed by atoms with Crippen LogP contribution in [-0.2, 0) is 7.05 Å². The lowest BCUT2D eigenvalue weighted by Crippen LogP contribution is -2.10. The first kappa shape index (κ1) is 11.9. The minimum Gasteiger partial charge on any atom is -0.382 e. The molecule has 1 N–H and O–H groups in total. The summed E-state index contributed by atoms with van der Waals surface area (Å²) in [7, 11) is 1.83. The summed E-state index contributed by atoms with van der Waals surface area (Å²) in [4.78, 5) is 4.08. The Kier molecular flexibility index (Phi) is 3.28. The summed E-state index contributed by atoms with van der Waals surface area (Å²) in [5, 5.41) is 11.8. The highest BCUT2D eigenvalue weighted by molar-refractivity contribution is 6.29.